The number of hydrogen-bond donors (Lipinski definition) is 3. The molecule has 0 aromatic carbocycles. The van der Waals surface area contributed by atoms with Gasteiger partial charge in [-0.1, -0.05) is 13.8 Å². The number of amides is 2. The highest BCUT2D eigenvalue weighted by molar-refractivity contribution is 5.78. The summed E-state index contributed by atoms with van der Waals surface area (Å²) >= 11 is 0. The fourth-order valence-corrected chi connectivity index (χ4v) is 10.2. The fourth-order valence-electron chi connectivity index (χ4n) is 10.2. The van der Waals surface area contributed by atoms with Crippen LogP contribution in [0.4, 0.5) is 4.79 Å². The Morgan fingerprint density at radius 3 is 2.68 bits per heavy atom. The van der Waals surface area contributed by atoms with E-state index in [4.69, 9.17) is 13.9 Å². The molecule has 1 aromatic heterocycles. The second-order valence-corrected chi connectivity index (χ2v) is 14.5. The predicted octanol–water partition coefficient (Wildman–Crippen LogP) is 2.95. The zero-order valence-electron chi connectivity index (χ0n) is 26.1. The second-order valence-electron chi connectivity index (χ2n) is 14.5. The summed E-state index contributed by atoms with van der Waals surface area (Å²) in [6, 6.07) is 3.20. The molecular weight excluding hydrogens is 566 g/mol. The van der Waals surface area contributed by atoms with Gasteiger partial charge in [-0.15, -0.1) is 0 Å². The molecule has 5 aliphatic rings. The van der Waals surface area contributed by atoms with Crippen LogP contribution < -0.4 is 16.3 Å². The average Bonchev–Trinajstić information content (AvgIpc) is 3.19. The van der Waals surface area contributed by atoms with Crippen LogP contribution in [-0.2, 0) is 19.1 Å². The maximum atomic E-state index is 12.7. The number of esters is 1. The van der Waals surface area contributed by atoms with Gasteiger partial charge in [0.25, 0.3) is 0 Å². The molecular formula is C33H47N3O8. The van der Waals surface area contributed by atoms with E-state index in [0.29, 0.717) is 37.9 Å². The van der Waals surface area contributed by atoms with Crippen molar-refractivity contribution in [1.29, 1.82) is 0 Å². The topological polar surface area (TPSA) is 147 Å². The maximum Gasteiger partial charge on any atom is 0.407 e. The molecule has 1 saturated heterocycles. The van der Waals surface area contributed by atoms with Gasteiger partial charge in [-0.2, -0.15) is 0 Å². The van der Waals surface area contributed by atoms with E-state index in [0.717, 1.165) is 57.1 Å². The first kappa shape index (κ1) is 31.1. The largest absolute Gasteiger partial charge is 0.462 e. The Morgan fingerprint density at radius 1 is 1.14 bits per heavy atom. The molecule has 0 spiro atoms. The lowest BCUT2D eigenvalue weighted by atomic mass is 9.43. The molecule has 44 heavy (non-hydrogen) atoms. The summed E-state index contributed by atoms with van der Waals surface area (Å²) in [6.45, 7) is 8.40. The number of aliphatic hydroxyl groups is 1. The van der Waals surface area contributed by atoms with Gasteiger partial charge >= 0.3 is 17.7 Å². The lowest BCUT2D eigenvalue weighted by molar-refractivity contribution is -0.202. The monoisotopic (exact) mass is 613 g/mol. The minimum Gasteiger partial charge on any atom is -0.462 e. The summed E-state index contributed by atoms with van der Waals surface area (Å²) < 4.78 is 16.6. The van der Waals surface area contributed by atoms with Gasteiger partial charge in [0.05, 0.1) is 18.4 Å². The average molecular weight is 614 g/mol. The zero-order chi connectivity index (χ0) is 31.3. The number of ether oxygens (including phenoxy) is 2. The molecule has 9 atom stereocenters. The third kappa shape index (κ3) is 5.44. The number of nitrogens with zero attached hydrogens (tertiary/aromatic N) is 1. The van der Waals surface area contributed by atoms with Crippen LogP contribution in [0.1, 0.15) is 83.6 Å². The molecule has 2 amide bonds. The number of piperazine rings is 1. The van der Waals surface area contributed by atoms with Crippen molar-refractivity contribution in [1.82, 2.24) is 15.5 Å². The molecule has 3 N–H and O–H groups in total. The van der Waals surface area contributed by atoms with E-state index >= 15 is 0 Å². The Hall–Kier alpha value is -2.92. The Balaban J connectivity index is 1.12. The maximum absolute atomic E-state index is 12.7. The molecule has 6 rings (SSSR count). The molecule has 0 bridgehead atoms. The summed E-state index contributed by atoms with van der Waals surface area (Å²) in [7, 11) is 0. The van der Waals surface area contributed by atoms with Crippen LogP contribution >= 0.6 is 0 Å². The summed E-state index contributed by atoms with van der Waals surface area (Å²) in [5.74, 6) is 0.155. The molecule has 4 aliphatic carbocycles. The molecule has 5 fully saturated rings. The number of rotatable bonds is 6. The van der Waals surface area contributed by atoms with Crippen molar-refractivity contribution in [2.45, 2.75) is 95.8 Å². The Labute approximate surface area is 258 Å². The molecule has 1 aliphatic heterocycles. The normalized spacial score (nSPS) is 40.1. The van der Waals surface area contributed by atoms with Crippen molar-refractivity contribution in [3.8, 4) is 0 Å². The number of alkyl carbamates (subject to hydrolysis) is 1. The van der Waals surface area contributed by atoms with Crippen molar-refractivity contribution in [3.05, 3.63) is 34.4 Å². The van der Waals surface area contributed by atoms with Crippen LogP contribution in [0.15, 0.2) is 27.6 Å². The number of carbonyl (C=O) groups excluding carboxylic acids is 3. The highest BCUT2D eigenvalue weighted by Gasteiger charge is 2.70. The lowest BCUT2D eigenvalue weighted by Crippen LogP contribution is -2.62. The van der Waals surface area contributed by atoms with E-state index in [2.05, 4.69) is 24.5 Å². The van der Waals surface area contributed by atoms with E-state index in [1.54, 1.807) is 6.07 Å². The van der Waals surface area contributed by atoms with Gasteiger partial charge in [-0.3, -0.25) is 14.5 Å². The predicted molar refractivity (Wildman–Crippen MR) is 160 cm³/mol. The Morgan fingerprint density at radius 2 is 1.95 bits per heavy atom. The van der Waals surface area contributed by atoms with Crippen LogP contribution in [0.25, 0.3) is 0 Å². The first-order valence-electron chi connectivity index (χ1n) is 16.3. The zero-order valence-corrected chi connectivity index (χ0v) is 26.1. The molecule has 0 radical (unpaired) electrons. The van der Waals surface area contributed by atoms with Crippen LogP contribution in [0.3, 0.4) is 0 Å². The molecule has 11 heteroatoms. The van der Waals surface area contributed by atoms with Crippen molar-refractivity contribution < 1.29 is 33.4 Å². The highest BCUT2D eigenvalue weighted by atomic mass is 16.6. The van der Waals surface area contributed by atoms with Crippen LogP contribution in [0, 0.1) is 28.6 Å². The van der Waals surface area contributed by atoms with Crippen molar-refractivity contribution in [3.63, 3.8) is 0 Å². The van der Waals surface area contributed by atoms with Gasteiger partial charge in [0.2, 0.25) is 5.91 Å². The van der Waals surface area contributed by atoms with Gasteiger partial charge in [0.1, 0.15) is 12.7 Å². The van der Waals surface area contributed by atoms with Gasteiger partial charge in [-0.25, -0.2) is 9.59 Å². The van der Waals surface area contributed by atoms with Gasteiger partial charge < -0.3 is 29.6 Å². The van der Waals surface area contributed by atoms with Crippen molar-refractivity contribution in [2.24, 2.45) is 28.6 Å². The van der Waals surface area contributed by atoms with E-state index in [1.807, 2.05) is 4.90 Å². The molecule has 2 heterocycles. The SMILES string of the molecule is CC(=O)OC1CC2(O)C3CCC4CC(NC(=O)OCCN5CCNC(=O)C5)CCC4(C)C3CCC2(C)C1c1ccc(=O)oc1. The Bertz CT molecular complexity index is 1310. The third-order valence-electron chi connectivity index (χ3n) is 12.3. The highest BCUT2D eigenvalue weighted by Crippen LogP contribution is 2.70. The molecule has 9 unspecified atom stereocenters. The summed E-state index contributed by atoms with van der Waals surface area (Å²) in [4.78, 5) is 50.1. The summed E-state index contributed by atoms with van der Waals surface area (Å²) in [5, 5.41) is 18.6. The summed E-state index contributed by atoms with van der Waals surface area (Å²) in [6.07, 6.45) is 7.22. The number of carbonyl (C=O) groups is 3. The molecule has 11 nitrogen and oxygen atoms in total. The van der Waals surface area contributed by atoms with Crippen LogP contribution in [-0.4, -0.2) is 78.5 Å². The lowest BCUT2D eigenvalue weighted by Gasteiger charge is -2.63. The summed E-state index contributed by atoms with van der Waals surface area (Å²) in [5.41, 5.74) is -1.19. The fraction of sp³-hybridized carbons (Fsp3) is 0.758. The van der Waals surface area contributed by atoms with Crippen molar-refractivity contribution >= 4 is 18.0 Å². The van der Waals surface area contributed by atoms with Crippen LogP contribution in [0.5, 0.6) is 0 Å². The standard InChI is InChI=1S/C33H47N3O8/c1-20(37)44-26-17-33(41)25-6-5-22-16-23(35-30(40)42-15-14-36-13-12-34-27(38)18-36)8-10-31(22,2)24(25)9-11-32(33,3)29(26)21-4-7-28(39)43-19-21/h4,7,19,22-26,29,41H,5-6,8-18H2,1-3H3,(H,34,38)(H,35,40). The number of fused-ring (bicyclic) bond motifs is 5. The molecule has 242 valence electrons. The second kappa shape index (κ2) is 11.8. The van der Waals surface area contributed by atoms with E-state index in [1.165, 1.54) is 19.3 Å². The number of hydrogen-bond acceptors (Lipinski definition) is 9. The third-order valence-corrected chi connectivity index (χ3v) is 12.3. The van der Waals surface area contributed by atoms with E-state index in [-0.39, 0.29) is 41.8 Å². The van der Waals surface area contributed by atoms with Gasteiger partial charge in [0.15, 0.2) is 0 Å². The molecule has 4 saturated carbocycles. The quantitative estimate of drug-likeness (QED) is 0.412. The first-order chi connectivity index (χ1) is 20.9. The Kier molecular flexibility index (Phi) is 8.32. The first-order valence-corrected chi connectivity index (χ1v) is 16.3. The minimum absolute atomic E-state index is 0.00147. The molecule has 1 aromatic rings. The van der Waals surface area contributed by atoms with Gasteiger partial charge in [-0.05, 0) is 79.7 Å². The number of nitrogens with one attached hydrogen (secondary N) is 2. The van der Waals surface area contributed by atoms with Crippen LogP contribution in [0.2, 0.25) is 0 Å². The minimum atomic E-state index is -1.03. The van der Waals surface area contributed by atoms with Gasteiger partial charge in [0, 0.05) is 56.4 Å². The smallest absolute Gasteiger partial charge is 0.407 e. The van der Waals surface area contributed by atoms with E-state index < -0.39 is 28.8 Å². The van der Waals surface area contributed by atoms with Crippen molar-refractivity contribution in [2.75, 3.05) is 32.8 Å². The van der Waals surface area contributed by atoms with E-state index in [9.17, 15) is 24.3 Å².